The van der Waals surface area contributed by atoms with Gasteiger partial charge in [0.15, 0.2) is 6.61 Å². The molecule has 0 aliphatic carbocycles. The van der Waals surface area contributed by atoms with Crippen LogP contribution in [0.2, 0.25) is 0 Å². The minimum atomic E-state index is -0.645. The Morgan fingerprint density at radius 3 is 2.51 bits per heavy atom. The molecular weight excluding hydrogens is 473 g/mol. The molecule has 3 N–H and O–H groups in total. The second kappa shape index (κ2) is 11.0. The molecule has 0 fully saturated rings. The van der Waals surface area contributed by atoms with Crippen LogP contribution in [0.5, 0.6) is 5.75 Å². The maximum Gasteiger partial charge on any atom is 0.252 e. The number of halogens is 1. The number of carbonyl (C=O) groups is 2. The number of benzene rings is 3. The number of ether oxygens (including phenoxy) is 1. The molecule has 0 spiro atoms. The lowest BCUT2D eigenvalue weighted by molar-refractivity contribution is 0.0947. The Kier molecular flexibility index (Phi) is 7.54. The Morgan fingerprint density at radius 1 is 1.08 bits per heavy atom. The summed E-state index contributed by atoms with van der Waals surface area (Å²) in [6.45, 7) is 4.34. The van der Waals surface area contributed by atoms with Gasteiger partial charge in [0, 0.05) is 23.9 Å². The van der Waals surface area contributed by atoms with E-state index in [1.54, 1.807) is 48.5 Å². The van der Waals surface area contributed by atoms with Gasteiger partial charge in [0.25, 0.3) is 11.8 Å². The minimum absolute atomic E-state index is 0.171. The second-order valence-electron chi connectivity index (χ2n) is 9.08. The zero-order valence-electron chi connectivity index (χ0n) is 20.5. The van der Waals surface area contributed by atoms with Crippen LogP contribution in [0, 0.1) is 23.1 Å². The quantitative estimate of drug-likeness (QED) is 0.327. The van der Waals surface area contributed by atoms with Gasteiger partial charge in [0.2, 0.25) is 0 Å². The minimum Gasteiger partial charge on any atom is -0.479 e. The van der Waals surface area contributed by atoms with Gasteiger partial charge in [-0.1, -0.05) is 32.0 Å². The Bertz CT molecular complexity index is 1500. The van der Waals surface area contributed by atoms with Gasteiger partial charge in [-0.25, -0.2) is 4.39 Å². The van der Waals surface area contributed by atoms with E-state index in [-0.39, 0.29) is 36.2 Å². The molecule has 0 aliphatic rings. The van der Waals surface area contributed by atoms with Crippen molar-refractivity contribution in [3.63, 3.8) is 0 Å². The predicted molar refractivity (Wildman–Crippen MR) is 138 cm³/mol. The van der Waals surface area contributed by atoms with E-state index in [1.165, 1.54) is 12.1 Å². The van der Waals surface area contributed by atoms with Crippen molar-refractivity contribution in [3.05, 3.63) is 88.9 Å². The summed E-state index contributed by atoms with van der Waals surface area (Å²) in [5.74, 6) is -0.235. The monoisotopic (exact) mass is 499 g/mol. The summed E-state index contributed by atoms with van der Waals surface area (Å²) in [4.78, 5) is 25.2. The highest BCUT2D eigenvalue weighted by Crippen LogP contribution is 2.33. The van der Waals surface area contributed by atoms with Crippen molar-refractivity contribution in [1.82, 2.24) is 5.32 Å². The molecule has 0 atom stereocenters. The van der Waals surface area contributed by atoms with Crippen LogP contribution in [-0.4, -0.2) is 25.0 Å². The van der Waals surface area contributed by atoms with Crippen molar-refractivity contribution >= 4 is 22.8 Å². The van der Waals surface area contributed by atoms with E-state index in [2.05, 4.69) is 5.32 Å². The highest BCUT2D eigenvalue weighted by molar-refractivity contribution is 6.07. The molecule has 0 aliphatic heterocycles. The maximum atomic E-state index is 13.3. The van der Waals surface area contributed by atoms with E-state index in [4.69, 9.17) is 20.1 Å². The SMILES string of the molecule is CC(C)CNC(=O)c1cc(OCC#N)cc(-c2ccc3oc(Cc4ccc(F)cc4)c(C(N)=O)c3c2)c1. The molecule has 188 valence electrons. The van der Waals surface area contributed by atoms with E-state index in [0.717, 1.165) is 5.56 Å². The highest BCUT2D eigenvalue weighted by atomic mass is 19.1. The molecule has 1 heterocycles. The van der Waals surface area contributed by atoms with Gasteiger partial charge < -0.3 is 20.2 Å². The molecule has 4 aromatic rings. The first-order valence-corrected chi connectivity index (χ1v) is 11.8. The predicted octanol–water partition coefficient (Wildman–Crippen LogP) is 5.22. The summed E-state index contributed by atoms with van der Waals surface area (Å²) in [6.07, 6.45) is 0.264. The van der Waals surface area contributed by atoms with E-state index in [1.807, 2.05) is 19.9 Å². The molecular formula is C29H26FN3O4. The van der Waals surface area contributed by atoms with Gasteiger partial charge in [-0.3, -0.25) is 9.59 Å². The lowest BCUT2D eigenvalue weighted by Gasteiger charge is -2.12. The Morgan fingerprint density at radius 2 is 1.84 bits per heavy atom. The van der Waals surface area contributed by atoms with E-state index >= 15 is 0 Å². The maximum absolute atomic E-state index is 13.3. The van der Waals surface area contributed by atoms with Gasteiger partial charge in [-0.15, -0.1) is 0 Å². The summed E-state index contributed by atoms with van der Waals surface area (Å²) in [6, 6.07) is 18.2. The third kappa shape index (κ3) is 5.96. The van der Waals surface area contributed by atoms with Crippen LogP contribution in [0.4, 0.5) is 4.39 Å². The Hall–Kier alpha value is -4.64. The number of hydrogen-bond acceptors (Lipinski definition) is 5. The number of amides is 2. The number of carbonyl (C=O) groups excluding carboxylic acids is 2. The summed E-state index contributed by atoms with van der Waals surface area (Å²) in [5.41, 5.74) is 8.95. The van der Waals surface area contributed by atoms with Crippen LogP contribution >= 0.6 is 0 Å². The van der Waals surface area contributed by atoms with Crippen LogP contribution in [-0.2, 0) is 6.42 Å². The number of rotatable bonds is 9. The van der Waals surface area contributed by atoms with Crippen molar-refractivity contribution in [3.8, 4) is 22.9 Å². The van der Waals surface area contributed by atoms with Crippen molar-refractivity contribution in [1.29, 1.82) is 5.26 Å². The number of fused-ring (bicyclic) bond motifs is 1. The molecule has 0 bridgehead atoms. The first kappa shape index (κ1) is 25.5. The summed E-state index contributed by atoms with van der Waals surface area (Å²) in [5, 5.41) is 12.3. The van der Waals surface area contributed by atoms with Crippen LogP contribution in [0.1, 0.15) is 45.9 Å². The smallest absolute Gasteiger partial charge is 0.252 e. The number of primary amides is 1. The van der Waals surface area contributed by atoms with Gasteiger partial charge in [0.1, 0.15) is 29.0 Å². The van der Waals surface area contributed by atoms with E-state index in [9.17, 15) is 14.0 Å². The molecule has 0 unspecified atom stereocenters. The lowest BCUT2D eigenvalue weighted by atomic mass is 9.98. The van der Waals surface area contributed by atoms with Crippen LogP contribution < -0.4 is 15.8 Å². The van der Waals surface area contributed by atoms with Gasteiger partial charge in [-0.05, 0) is 65.1 Å². The average molecular weight is 500 g/mol. The molecule has 0 saturated heterocycles. The number of nitrogens with zero attached hydrogens (tertiary/aromatic N) is 1. The third-order valence-corrected chi connectivity index (χ3v) is 5.76. The number of nitrogens with two attached hydrogens (primary N) is 1. The van der Waals surface area contributed by atoms with Crippen molar-refractivity contribution < 1.29 is 23.1 Å². The number of furan rings is 1. The molecule has 1 aromatic heterocycles. The van der Waals surface area contributed by atoms with Crippen LogP contribution in [0.3, 0.4) is 0 Å². The van der Waals surface area contributed by atoms with E-state index < -0.39 is 5.91 Å². The van der Waals surface area contributed by atoms with E-state index in [0.29, 0.717) is 45.7 Å². The molecule has 0 radical (unpaired) electrons. The first-order valence-electron chi connectivity index (χ1n) is 11.8. The molecule has 4 rings (SSSR count). The second-order valence-corrected chi connectivity index (χ2v) is 9.08. The summed E-state index contributed by atoms with van der Waals surface area (Å²) >= 11 is 0. The number of nitriles is 1. The highest BCUT2D eigenvalue weighted by Gasteiger charge is 2.20. The Labute approximate surface area is 213 Å². The first-order chi connectivity index (χ1) is 17.7. The Balaban J connectivity index is 1.76. The normalized spacial score (nSPS) is 10.9. The number of hydrogen-bond donors (Lipinski definition) is 2. The topological polar surface area (TPSA) is 118 Å². The lowest BCUT2D eigenvalue weighted by Crippen LogP contribution is -2.27. The molecule has 3 aromatic carbocycles. The average Bonchev–Trinajstić information content (AvgIpc) is 3.24. The van der Waals surface area contributed by atoms with Crippen molar-refractivity contribution in [2.75, 3.05) is 13.2 Å². The molecule has 37 heavy (non-hydrogen) atoms. The zero-order valence-corrected chi connectivity index (χ0v) is 20.5. The zero-order chi connectivity index (χ0) is 26.5. The van der Waals surface area contributed by atoms with Crippen LogP contribution in [0.25, 0.3) is 22.1 Å². The molecule has 8 heteroatoms. The van der Waals surface area contributed by atoms with Crippen molar-refractivity contribution in [2.24, 2.45) is 11.7 Å². The summed E-state index contributed by atoms with van der Waals surface area (Å²) < 4.78 is 24.8. The summed E-state index contributed by atoms with van der Waals surface area (Å²) in [7, 11) is 0. The standard InChI is InChI=1S/C29H26FN3O4/c1-17(2)16-33-29(35)21-12-20(13-23(14-21)36-10-9-31)19-5-8-25-24(15-19)27(28(32)34)26(37-25)11-18-3-6-22(30)7-4-18/h3-8,12-15,17H,10-11,16H2,1-2H3,(H2,32,34)(H,33,35). The van der Waals surface area contributed by atoms with Crippen LogP contribution in [0.15, 0.2) is 65.1 Å². The third-order valence-electron chi connectivity index (χ3n) is 5.76. The fraction of sp³-hybridized carbons (Fsp3) is 0.207. The van der Waals surface area contributed by atoms with Gasteiger partial charge >= 0.3 is 0 Å². The molecule has 2 amide bonds. The molecule has 0 saturated carbocycles. The largest absolute Gasteiger partial charge is 0.479 e. The van der Waals surface area contributed by atoms with Crippen molar-refractivity contribution in [2.45, 2.75) is 20.3 Å². The fourth-order valence-corrected chi connectivity index (χ4v) is 4.00. The fourth-order valence-electron chi connectivity index (χ4n) is 4.00. The molecule has 7 nitrogen and oxygen atoms in total. The van der Waals surface area contributed by atoms with Gasteiger partial charge in [0.05, 0.1) is 5.56 Å². The number of nitrogens with one attached hydrogen (secondary N) is 1. The van der Waals surface area contributed by atoms with Gasteiger partial charge in [-0.2, -0.15) is 5.26 Å².